The van der Waals surface area contributed by atoms with Gasteiger partial charge in [-0.05, 0) is 24.0 Å². The molecule has 6 nitrogen and oxygen atoms in total. The lowest BCUT2D eigenvalue weighted by molar-refractivity contribution is -0.314. The standard InChI is InChI=1S/C28H33NO5/c1-27(2)18-33-28(34-19-27)14-13-23(24(16-28)21-11-7-4-8-12-21)25(30)29-22(17-32-26(29)31)15-20-9-5-3-6-10-20/h3-12,22-24H,13-19H2,1-2H3/t22-,23-,24+/m1/s1. The van der Waals surface area contributed by atoms with E-state index >= 15 is 0 Å². The van der Waals surface area contributed by atoms with Crippen LogP contribution in [-0.4, -0.2) is 48.5 Å². The Kier molecular flexibility index (Phi) is 6.21. The number of nitrogens with zero attached hydrogens (tertiary/aromatic N) is 1. The van der Waals surface area contributed by atoms with Gasteiger partial charge in [0.15, 0.2) is 5.79 Å². The second-order valence-corrected chi connectivity index (χ2v) is 10.6. The highest BCUT2D eigenvalue weighted by atomic mass is 16.7. The zero-order valence-electron chi connectivity index (χ0n) is 19.9. The van der Waals surface area contributed by atoms with E-state index in [9.17, 15) is 9.59 Å². The molecule has 0 bridgehead atoms. The lowest BCUT2D eigenvalue weighted by Crippen LogP contribution is -2.53. The fourth-order valence-electron chi connectivity index (χ4n) is 5.45. The van der Waals surface area contributed by atoms with E-state index in [-0.39, 0.29) is 35.8 Å². The summed E-state index contributed by atoms with van der Waals surface area (Å²) >= 11 is 0. The predicted octanol–water partition coefficient (Wildman–Crippen LogP) is 4.93. The summed E-state index contributed by atoms with van der Waals surface area (Å²) in [5.41, 5.74) is 2.13. The average molecular weight is 464 g/mol. The number of amides is 2. The first-order valence-electron chi connectivity index (χ1n) is 12.2. The van der Waals surface area contributed by atoms with E-state index in [1.165, 1.54) is 4.90 Å². The molecule has 1 saturated carbocycles. The molecule has 0 unspecified atom stereocenters. The Labute approximate surface area is 201 Å². The number of carbonyl (C=O) groups is 2. The molecular weight excluding hydrogens is 430 g/mol. The molecule has 180 valence electrons. The van der Waals surface area contributed by atoms with Crippen LogP contribution < -0.4 is 0 Å². The molecular formula is C28H33NO5. The lowest BCUT2D eigenvalue weighted by atomic mass is 9.71. The van der Waals surface area contributed by atoms with Crippen LogP contribution in [0, 0.1) is 11.3 Å². The molecule has 2 aliphatic heterocycles. The minimum atomic E-state index is -0.679. The van der Waals surface area contributed by atoms with Gasteiger partial charge in [0.25, 0.3) is 0 Å². The third-order valence-corrected chi connectivity index (χ3v) is 7.36. The maximum Gasteiger partial charge on any atom is 0.416 e. The highest BCUT2D eigenvalue weighted by Gasteiger charge is 2.51. The predicted molar refractivity (Wildman–Crippen MR) is 127 cm³/mol. The average Bonchev–Trinajstić information content (AvgIpc) is 3.22. The Morgan fingerprint density at radius 1 is 1.00 bits per heavy atom. The second-order valence-electron chi connectivity index (χ2n) is 10.6. The van der Waals surface area contributed by atoms with Crippen molar-refractivity contribution in [3.8, 4) is 0 Å². The third-order valence-electron chi connectivity index (χ3n) is 7.36. The third kappa shape index (κ3) is 4.62. The van der Waals surface area contributed by atoms with Gasteiger partial charge in [-0.15, -0.1) is 0 Å². The van der Waals surface area contributed by atoms with Gasteiger partial charge in [0.1, 0.15) is 6.61 Å². The molecule has 2 amide bonds. The van der Waals surface area contributed by atoms with E-state index in [2.05, 4.69) is 26.0 Å². The van der Waals surface area contributed by atoms with Gasteiger partial charge < -0.3 is 14.2 Å². The molecule has 2 aromatic rings. The molecule has 3 fully saturated rings. The summed E-state index contributed by atoms with van der Waals surface area (Å²) in [6.45, 7) is 5.76. The summed E-state index contributed by atoms with van der Waals surface area (Å²) in [6, 6.07) is 19.7. The number of hydrogen-bond acceptors (Lipinski definition) is 5. The summed E-state index contributed by atoms with van der Waals surface area (Å²) in [7, 11) is 0. The maximum absolute atomic E-state index is 13.9. The van der Waals surface area contributed by atoms with E-state index < -0.39 is 11.9 Å². The molecule has 0 radical (unpaired) electrons. The summed E-state index contributed by atoms with van der Waals surface area (Å²) in [6.07, 6.45) is 1.88. The Balaban J connectivity index is 1.39. The van der Waals surface area contributed by atoms with Crippen LogP contribution in [0.15, 0.2) is 60.7 Å². The first-order valence-corrected chi connectivity index (χ1v) is 12.2. The van der Waals surface area contributed by atoms with Gasteiger partial charge >= 0.3 is 6.09 Å². The van der Waals surface area contributed by atoms with Gasteiger partial charge in [0.2, 0.25) is 5.91 Å². The zero-order chi connectivity index (χ0) is 23.8. The molecule has 34 heavy (non-hydrogen) atoms. The van der Waals surface area contributed by atoms with Crippen molar-refractivity contribution < 1.29 is 23.8 Å². The Morgan fingerprint density at radius 2 is 1.65 bits per heavy atom. The number of hydrogen-bond donors (Lipinski definition) is 0. The minimum absolute atomic E-state index is 0.0237. The normalized spacial score (nSPS) is 28.0. The van der Waals surface area contributed by atoms with Crippen molar-refractivity contribution in [1.29, 1.82) is 0 Å². The topological polar surface area (TPSA) is 65.1 Å². The van der Waals surface area contributed by atoms with Crippen molar-refractivity contribution in [1.82, 2.24) is 4.90 Å². The molecule has 0 aromatic heterocycles. The van der Waals surface area contributed by atoms with E-state index in [0.29, 0.717) is 38.9 Å². The molecule has 1 aliphatic carbocycles. The van der Waals surface area contributed by atoms with Gasteiger partial charge in [0.05, 0.1) is 19.3 Å². The number of imide groups is 1. The number of benzene rings is 2. The van der Waals surface area contributed by atoms with Gasteiger partial charge in [-0.3, -0.25) is 4.79 Å². The van der Waals surface area contributed by atoms with Crippen molar-refractivity contribution in [2.45, 2.75) is 57.3 Å². The smallest absolute Gasteiger partial charge is 0.416 e. The largest absolute Gasteiger partial charge is 0.447 e. The zero-order valence-corrected chi connectivity index (χ0v) is 19.9. The molecule has 5 rings (SSSR count). The fraction of sp³-hybridized carbons (Fsp3) is 0.500. The van der Waals surface area contributed by atoms with Crippen LogP contribution in [0.25, 0.3) is 0 Å². The van der Waals surface area contributed by atoms with Gasteiger partial charge in [-0.2, -0.15) is 0 Å². The Hall–Kier alpha value is -2.70. The van der Waals surface area contributed by atoms with Crippen LogP contribution in [0.5, 0.6) is 0 Å². The highest BCUT2D eigenvalue weighted by Crippen LogP contribution is 2.48. The van der Waals surface area contributed by atoms with Gasteiger partial charge in [0, 0.05) is 30.1 Å². The van der Waals surface area contributed by atoms with Crippen molar-refractivity contribution in [2.75, 3.05) is 19.8 Å². The highest BCUT2D eigenvalue weighted by molar-refractivity contribution is 5.95. The lowest BCUT2D eigenvalue weighted by Gasteiger charge is -2.49. The fourth-order valence-corrected chi connectivity index (χ4v) is 5.45. The van der Waals surface area contributed by atoms with Crippen molar-refractivity contribution in [2.24, 2.45) is 11.3 Å². The molecule has 6 heteroatoms. The van der Waals surface area contributed by atoms with Crippen molar-refractivity contribution >= 4 is 12.0 Å². The van der Waals surface area contributed by atoms with Crippen molar-refractivity contribution in [3.05, 3.63) is 71.8 Å². The second kappa shape index (κ2) is 9.16. The van der Waals surface area contributed by atoms with Crippen molar-refractivity contribution in [3.63, 3.8) is 0 Å². The minimum Gasteiger partial charge on any atom is -0.447 e. The van der Waals surface area contributed by atoms with E-state index in [0.717, 1.165) is 11.1 Å². The number of ether oxygens (including phenoxy) is 3. The Bertz CT molecular complexity index is 1010. The number of cyclic esters (lactones) is 1. The molecule has 2 aromatic carbocycles. The van der Waals surface area contributed by atoms with Crippen LogP contribution in [-0.2, 0) is 25.4 Å². The summed E-state index contributed by atoms with van der Waals surface area (Å²) in [5, 5.41) is 0. The molecule has 2 saturated heterocycles. The SMILES string of the molecule is CC1(C)COC2(CC[C@@H](C(=O)N3C(=O)OC[C@H]3Cc3ccccc3)[C@H](c3ccccc3)C2)OC1. The summed E-state index contributed by atoms with van der Waals surface area (Å²) in [5.74, 6) is -1.27. The van der Waals surface area contributed by atoms with Crippen LogP contribution >= 0.6 is 0 Å². The van der Waals surface area contributed by atoms with Crippen LogP contribution in [0.4, 0.5) is 4.79 Å². The quantitative estimate of drug-likeness (QED) is 0.643. The first-order chi connectivity index (χ1) is 16.4. The molecule has 3 aliphatic rings. The maximum atomic E-state index is 13.9. The first kappa shape index (κ1) is 23.1. The van der Waals surface area contributed by atoms with Crippen LogP contribution in [0.3, 0.4) is 0 Å². The summed E-state index contributed by atoms with van der Waals surface area (Å²) in [4.78, 5) is 28.0. The van der Waals surface area contributed by atoms with E-state index in [1.807, 2.05) is 48.5 Å². The molecule has 2 heterocycles. The van der Waals surface area contributed by atoms with Crippen LogP contribution in [0.1, 0.15) is 50.2 Å². The van der Waals surface area contributed by atoms with Gasteiger partial charge in [-0.25, -0.2) is 9.69 Å². The van der Waals surface area contributed by atoms with Crippen LogP contribution in [0.2, 0.25) is 0 Å². The number of carbonyl (C=O) groups excluding carboxylic acids is 2. The van der Waals surface area contributed by atoms with E-state index in [4.69, 9.17) is 14.2 Å². The van der Waals surface area contributed by atoms with E-state index in [1.54, 1.807) is 0 Å². The molecule has 0 N–H and O–H groups in total. The molecule has 1 spiro atoms. The van der Waals surface area contributed by atoms with Gasteiger partial charge in [-0.1, -0.05) is 74.5 Å². The number of rotatable bonds is 4. The Morgan fingerprint density at radius 3 is 2.32 bits per heavy atom. The monoisotopic (exact) mass is 463 g/mol. The molecule has 3 atom stereocenters. The summed E-state index contributed by atoms with van der Waals surface area (Å²) < 4.78 is 18.0.